The number of rotatable bonds is 4. The van der Waals surface area contributed by atoms with Crippen LogP contribution in [0.5, 0.6) is 0 Å². The average molecular weight is 279 g/mol. The highest BCUT2D eigenvalue weighted by atomic mass is 32.2. The number of nitrogens with zero attached hydrogens (tertiary/aromatic N) is 2. The fourth-order valence-corrected chi connectivity index (χ4v) is 2.52. The highest BCUT2D eigenvalue weighted by Crippen LogP contribution is 2.16. The minimum absolute atomic E-state index is 0.320. The Morgan fingerprint density at radius 1 is 1.37 bits per heavy atom. The van der Waals surface area contributed by atoms with Gasteiger partial charge in [0, 0.05) is 37.3 Å². The highest BCUT2D eigenvalue weighted by Gasteiger charge is 2.08. The topological polar surface area (TPSA) is 64.0 Å². The van der Waals surface area contributed by atoms with Gasteiger partial charge in [0.1, 0.15) is 0 Å². The Balaban J connectivity index is 2.14. The highest BCUT2D eigenvalue weighted by molar-refractivity contribution is 7.90. The lowest BCUT2D eigenvalue weighted by molar-refractivity contribution is 0.602. The molecule has 0 amide bonds. The first-order valence-corrected chi connectivity index (χ1v) is 7.78. The van der Waals surface area contributed by atoms with Crippen molar-refractivity contribution in [3.8, 4) is 0 Å². The number of anilines is 1. The van der Waals surface area contributed by atoms with Crippen molar-refractivity contribution in [2.24, 2.45) is 7.05 Å². The van der Waals surface area contributed by atoms with Gasteiger partial charge in [-0.15, -0.1) is 0 Å². The summed E-state index contributed by atoms with van der Waals surface area (Å²) in [5, 5.41) is 7.47. The second-order valence-electron chi connectivity index (χ2n) is 4.57. The minimum atomic E-state index is -3.17. The van der Waals surface area contributed by atoms with E-state index in [0.717, 1.165) is 16.9 Å². The van der Waals surface area contributed by atoms with Crippen LogP contribution in [0.1, 0.15) is 11.3 Å². The van der Waals surface area contributed by atoms with Gasteiger partial charge in [-0.25, -0.2) is 8.42 Å². The van der Waals surface area contributed by atoms with Gasteiger partial charge in [-0.05, 0) is 25.1 Å². The molecule has 0 saturated carbocycles. The van der Waals surface area contributed by atoms with E-state index >= 15 is 0 Å². The molecule has 102 valence electrons. The molecule has 0 bridgehead atoms. The Kier molecular flexibility index (Phi) is 3.61. The van der Waals surface area contributed by atoms with E-state index in [4.69, 9.17) is 0 Å². The third-order valence-electron chi connectivity index (χ3n) is 2.86. The summed E-state index contributed by atoms with van der Waals surface area (Å²) in [4.78, 5) is 0.320. The molecule has 1 aromatic heterocycles. The second kappa shape index (κ2) is 5.05. The third-order valence-corrected chi connectivity index (χ3v) is 3.97. The lowest BCUT2D eigenvalue weighted by Gasteiger charge is -2.07. The van der Waals surface area contributed by atoms with Crippen molar-refractivity contribution in [1.29, 1.82) is 0 Å². The molecule has 0 aliphatic carbocycles. The largest absolute Gasteiger partial charge is 0.381 e. The Hall–Kier alpha value is -1.82. The number of hydrogen-bond acceptors (Lipinski definition) is 4. The number of sulfone groups is 1. The van der Waals surface area contributed by atoms with Crippen LogP contribution in [0.15, 0.2) is 35.4 Å². The molecular formula is C13H17N3O2S. The summed E-state index contributed by atoms with van der Waals surface area (Å²) in [6.07, 6.45) is 3.15. The summed E-state index contributed by atoms with van der Waals surface area (Å²) >= 11 is 0. The van der Waals surface area contributed by atoms with Gasteiger partial charge in [-0.2, -0.15) is 5.10 Å². The molecule has 0 unspecified atom stereocenters. The van der Waals surface area contributed by atoms with Crippen molar-refractivity contribution in [1.82, 2.24) is 9.78 Å². The maximum absolute atomic E-state index is 11.5. The molecule has 2 aromatic rings. The summed E-state index contributed by atoms with van der Waals surface area (Å²) in [6, 6.07) is 6.81. The van der Waals surface area contributed by atoms with Crippen LogP contribution in [0.2, 0.25) is 0 Å². The van der Waals surface area contributed by atoms with Crippen molar-refractivity contribution in [2.75, 3.05) is 11.6 Å². The van der Waals surface area contributed by atoms with Gasteiger partial charge < -0.3 is 5.32 Å². The van der Waals surface area contributed by atoms with Gasteiger partial charge in [-0.3, -0.25) is 4.68 Å². The lowest BCUT2D eigenvalue weighted by atomic mass is 10.2. The summed E-state index contributed by atoms with van der Waals surface area (Å²) in [5.41, 5.74) is 2.84. The molecule has 1 aromatic carbocycles. The monoisotopic (exact) mass is 279 g/mol. The molecule has 0 spiro atoms. The van der Waals surface area contributed by atoms with E-state index in [0.29, 0.717) is 11.4 Å². The van der Waals surface area contributed by atoms with Crippen LogP contribution >= 0.6 is 0 Å². The summed E-state index contributed by atoms with van der Waals surface area (Å²) in [7, 11) is -1.29. The van der Waals surface area contributed by atoms with E-state index in [1.54, 1.807) is 22.9 Å². The predicted octanol–water partition coefficient (Wildman–Crippen LogP) is 1.74. The van der Waals surface area contributed by atoms with Crippen LogP contribution in [-0.4, -0.2) is 24.5 Å². The fourth-order valence-electron chi connectivity index (χ4n) is 1.86. The van der Waals surface area contributed by atoms with Crippen molar-refractivity contribution in [3.05, 3.63) is 41.7 Å². The molecule has 0 aliphatic rings. The van der Waals surface area contributed by atoms with Gasteiger partial charge in [-0.1, -0.05) is 6.07 Å². The quantitative estimate of drug-likeness (QED) is 0.926. The van der Waals surface area contributed by atoms with Crippen molar-refractivity contribution in [3.63, 3.8) is 0 Å². The normalized spacial score (nSPS) is 11.5. The van der Waals surface area contributed by atoms with Crippen molar-refractivity contribution < 1.29 is 8.42 Å². The molecule has 1 heterocycles. The van der Waals surface area contributed by atoms with Crippen LogP contribution in [0.4, 0.5) is 5.69 Å². The summed E-state index contributed by atoms with van der Waals surface area (Å²) in [6.45, 7) is 2.57. The van der Waals surface area contributed by atoms with E-state index in [2.05, 4.69) is 10.4 Å². The molecule has 0 saturated heterocycles. The maximum Gasteiger partial charge on any atom is 0.175 e. The third kappa shape index (κ3) is 3.35. The van der Waals surface area contributed by atoms with Crippen LogP contribution < -0.4 is 5.32 Å². The van der Waals surface area contributed by atoms with Gasteiger partial charge in [0.25, 0.3) is 0 Å². The molecule has 2 rings (SSSR count). The van der Waals surface area contributed by atoms with E-state index in [9.17, 15) is 8.42 Å². The zero-order valence-corrected chi connectivity index (χ0v) is 12.0. The molecule has 19 heavy (non-hydrogen) atoms. The minimum Gasteiger partial charge on any atom is -0.381 e. The van der Waals surface area contributed by atoms with E-state index in [1.807, 2.05) is 26.2 Å². The van der Waals surface area contributed by atoms with Crippen LogP contribution in [0.25, 0.3) is 0 Å². The number of hydrogen-bond donors (Lipinski definition) is 1. The summed E-state index contributed by atoms with van der Waals surface area (Å²) in [5.74, 6) is 0. The van der Waals surface area contributed by atoms with Crippen molar-refractivity contribution in [2.45, 2.75) is 18.4 Å². The molecule has 0 atom stereocenters. The van der Waals surface area contributed by atoms with Gasteiger partial charge >= 0.3 is 0 Å². The maximum atomic E-state index is 11.5. The molecule has 0 radical (unpaired) electrons. The number of benzene rings is 1. The summed E-state index contributed by atoms with van der Waals surface area (Å²) < 4.78 is 24.7. The van der Waals surface area contributed by atoms with Gasteiger partial charge in [0.2, 0.25) is 0 Å². The Morgan fingerprint density at radius 2 is 2.11 bits per heavy atom. The molecule has 0 aliphatic heterocycles. The fraction of sp³-hybridized carbons (Fsp3) is 0.308. The zero-order chi connectivity index (χ0) is 14.0. The zero-order valence-electron chi connectivity index (χ0n) is 11.2. The smallest absolute Gasteiger partial charge is 0.175 e. The average Bonchev–Trinajstić information content (AvgIpc) is 2.64. The first-order valence-electron chi connectivity index (χ1n) is 5.89. The first-order chi connectivity index (χ1) is 8.86. The molecule has 1 N–H and O–H groups in total. The lowest BCUT2D eigenvalue weighted by Crippen LogP contribution is -2.02. The van der Waals surface area contributed by atoms with Crippen LogP contribution in [0.3, 0.4) is 0 Å². The molecule has 6 heteroatoms. The Morgan fingerprint density at radius 3 is 2.68 bits per heavy atom. The first kappa shape index (κ1) is 13.6. The number of aryl methyl sites for hydroxylation is 2. The number of aromatic nitrogens is 2. The molecular weight excluding hydrogens is 262 g/mol. The van der Waals surface area contributed by atoms with E-state index in [-0.39, 0.29) is 0 Å². The van der Waals surface area contributed by atoms with Gasteiger partial charge in [0.05, 0.1) is 10.6 Å². The van der Waals surface area contributed by atoms with Gasteiger partial charge in [0.15, 0.2) is 9.84 Å². The van der Waals surface area contributed by atoms with Crippen molar-refractivity contribution >= 4 is 15.5 Å². The standard InChI is InChI=1S/C13H17N3O2S/c1-10-11(9-16(2)15-10)8-14-12-5-4-6-13(7-12)19(3,17)18/h4-7,9,14H,8H2,1-3H3. The second-order valence-corrected chi connectivity index (χ2v) is 6.58. The van der Waals surface area contributed by atoms with E-state index in [1.165, 1.54) is 6.26 Å². The number of nitrogens with one attached hydrogen (secondary N) is 1. The Labute approximate surface area is 113 Å². The Bertz CT molecular complexity index is 690. The molecule has 0 fully saturated rings. The molecule has 5 nitrogen and oxygen atoms in total. The van der Waals surface area contributed by atoms with Crippen LogP contribution in [-0.2, 0) is 23.4 Å². The van der Waals surface area contributed by atoms with Crippen LogP contribution in [0, 0.1) is 6.92 Å². The van der Waals surface area contributed by atoms with E-state index < -0.39 is 9.84 Å². The SMILES string of the molecule is Cc1nn(C)cc1CNc1cccc(S(C)(=O)=O)c1. The predicted molar refractivity (Wildman–Crippen MR) is 74.8 cm³/mol.